The summed E-state index contributed by atoms with van der Waals surface area (Å²) in [6.07, 6.45) is 1.86. The monoisotopic (exact) mass is 431 g/mol. The van der Waals surface area contributed by atoms with Gasteiger partial charge in [0.1, 0.15) is 18.6 Å². The first kappa shape index (κ1) is 21.1. The molecule has 1 aliphatic rings. The van der Waals surface area contributed by atoms with Gasteiger partial charge in [-0.05, 0) is 12.8 Å². The van der Waals surface area contributed by atoms with Gasteiger partial charge in [0.25, 0.3) is 0 Å². The van der Waals surface area contributed by atoms with Crippen LogP contribution >= 0.6 is 7.82 Å². The van der Waals surface area contributed by atoms with E-state index in [4.69, 9.17) is 19.6 Å². The van der Waals surface area contributed by atoms with Gasteiger partial charge < -0.3 is 30.1 Å². The zero-order chi connectivity index (χ0) is 21.2. The second-order valence-electron chi connectivity index (χ2n) is 6.26. The van der Waals surface area contributed by atoms with Crippen molar-refractivity contribution in [2.45, 2.75) is 37.6 Å². The van der Waals surface area contributed by atoms with E-state index in [1.165, 1.54) is 12.7 Å². The van der Waals surface area contributed by atoms with Crippen molar-refractivity contribution in [2.24, 2.45) is 0 Å². The quantitative estimate of drug-likeness (QED) is 0.331. The number of ether oxygens (including phenoxy) is 1. The molecule has 3 unspecified atom stereocenters. The number of nitrogens with zero attached hydrogens (tertiary/aromatic N) is 4. The summed E-state index contributed by atoms with van der Waals surface area (Å²) in [6.45, 7) is -0.273. The fraction of sp³-hybridized carbons (Fsp3) is 0.500. The molecule has 3 heterocycles. The number of fused-ring (bicyclic) bond motifs is 1. The first-order valence-corrected chi connectivity index (χ1v) is 9.91. The third kappa shape index (κ3) is 5.25. The molecule has 14 nitrogen and oxygen atoms in total. The van der Waals surface area contributed by atoms with Crippen LogP contribution in [0.2, 0.25) is 0 Å². The molecular weight excluding hydrogens is 413 g/mol. The summed E-state index contributed by atoms with van der Waals surface area (Å²) in [5.41, 5.74) is 0.547. The van der Waals surface area contributed by atoms with Crippen molar-refractivity contribution >= 4 is 36.7 Å². The molecule has 0 saturated carbocycles. The maximum absolute atomic E-state index is 11.3. The normalized spacial score (nSPS) is 20.6. The molecule has 0 bridgehead atoms. The Morgan fingerprint density at radius 1 is 1.31 bits per heavy atom. The second kappa shape index (κ2) is 8.39. The summed E-state index contributed by atoms with van der Waals surface area (Å²) in [7, 11) is -4.59. The van der Waals surface area contributed by atoms with Crippen molar-refractivity contribution in [3.8, 4) is 0 Å². The lowest BCUT2D eigenvalue weighted by atomic mass is 10.2. The summed E-state index contributed by atoms with van der Waals surface area (Å²) in [5.74, 6) is -2.59. The molecule has 1 fully saturated rings. The van der Waals surface area contributed by atoms with E-state index in [9.17, 15) is 19.3 Å². The zero-order valence-corrected chi connectivity index (χ0v) is 15.7. The van der Waals surface area contributed by atoms with Crippen LogP contribution in [0.1, 0.15) is 25.5 Å². The standard InChI is InChI=1S/C14H18N5O9P/c20-10(21)3-8(14(22)23)18-12-11-13(16-5-15-12)19(6-17-11)9-2-1-7(28-9)4-27-29(24,25)26/h5-9H,1-4H2,(H,20,21)(H,22,23)(H,15,16,18)(H2,24,25,26). The molecule has 158 valence electrons. The van der Waals surface area contributed by atoms with Crippen LogP contribution in [-0.2, 0) is 23.4 Å². The van der Waals surface area contributed by atoms with E-state index >= 15 is 0 Å². The molecule has 5 N–H and O–H groups in total. The first-order valence-electron chi connectivity index (χ1n) is 8.38. The number of rotatable bonds is 9. The highest BCUT2D eigenvalue weighted by atomic mass is 31.2. The Kier molecular flexibility index (Phi) is 6.10. The molecule has 1 aliphatic heterocycles. The number of carboxylic acids is 2. The molecule has 0 aromatic carbocycles. The second-order valence-corrected chi connectivity index (χ2v) is 7.50. The predicted octanol–water partition coefficient (Wildman–Crippen LogP) is -0.0470. The van der Waals surface area contributed by atoms with Crippen LogP contribution in [0.4, 0.5) is 5.82 Å². The average Bonchev–Trinajstić information content (AvgIpc) is 3.25. The average molecular weight is 431 g/mol. The lowest BCUT2D eigenvalue weighted by Crippen LogP contribution is -2.32. The van der Waals surface area contributed by atoms with E-state index in [1.54, 1.807) is 4.57 Å². The lowest BCUT2D eigenvalue weighted by Gasteiger charge is -2.16. The topological polar surface area (TPSA) is 206 Å². The summed E-state index contributed by atoms with van der Waals surface area (Å²) < 4.78 is 22.6. The van der Waals surface area contributed by atoms with Crippen molar-refractivity contribution in [2.75, 3.05) is 11.9 Å². The maximum atomic E-state index is 11.3. The van der Waals surface area contributed by atoms with E-state index in [-0.39, 0.29) is 17.9 Å². The maximum Gasteiger partial charge on any atom is 0.469 e. The number of hydrogen-bond donors (Lipinski definition) is 5. The van der Waals surface area contributed by atoms with Crippen molar-refractivity contribution in [1.29, 1.82) is 0 Å². The van der Waals surface area contributed by atoms with Gasteiger partial charge in [-0.25, -0.2) is 24.3 Å². The fourth-order valence-electron chi connectivity index (χ4n) is 2.90. The van der Waals surface area contributed by atoms with Crippen molar-refractivity contribution in [1.82, 2.24) is 19.5 Å². The smallest absolute Gasteiger partial charge is 0.469 e. The van der Waals surface area contributed by atoms with Gasteiger partial charge in [-0.15, -0.1) is 0 Å². The van der Waals surface area contributed by atoms with Gasteiger partial charge in [0, 0.05) is 0 Å². The molecule has 3 atom stereocenters. The number of phosphoric acid groups is 1. The zero-order valence-electron chi connectivity index (χ0n) is 14.8. The third-order valence-corrected chi connectivity index (χ3v) is 4.66. The van der Waals surface area contributed by atoms with Gasteiger partial charge in [-0.1, -0.05) is 0 Å². The van der Waals surface area contributed by atoms with E-state index in [0.29, 0.717) is 18.5 Å². The van der Waals surface area contributed by atoms with Crippen LogP contribution < -0.4 is 5.32 Å². The Morgan fingerprint density at radius 3 is 2.72 bits per heavy atom. The summed E-state index contributed by atoms with van der Waals surface area (Å²) in [5, 5.41) is 20.6. The molecule has 3 rings (SSSR count). The lowest BCUT2D eigenvalue weighted by molar-refractivity contribution is -0.144. The highest BCUT2D eigenvalue weighted by molar-refractivity contribution is 7.46. The summed E-state index contributed by atoms with van der Waals surface area (Å²) in [4.78, 5) is 51.9. The Labute approximate surface area is 162 Å². The molecule has 2 aromatic heterocycles. The van der Waals surface area contributed by atoms with E-state index < -0.39 is 44.6 Å². The Bertz CT molecular complexity index is 960. The first-order chi connectivity index (χ1) is 13.6. The molecule has 0 spiro atoms. The molecule has 0 radical (unpaired) electrons. The van der Waals surface area contributed by atoms with Gasteiger partial charge in [0.2, 0.25) is 0 Å². The highest BCUT2D eigenvalue weighted by Gasteiger charge is 2.31. The van der Waals surface area contributed by atoms with Crippen LogP contribution in [-0.4, -0.2) is 70.2 Å². The van der Waals surface area contributed by atoms with Crippen molar-refractivity contribution < 1.29 is 43.4 Å². The summed E-state index contributed by atoms with van der Waals surface area (Å²) in [6, 6.07) is -1.41. The fourth-order valence-corrected chi connectivity index (χ4v) is 3.26. The Hall–Kier alpha value is -2.64. The molecule has 0 amide bonds. The van der Waals surface area contributed by atoms with Crippen LogP contribution in [0.5, 0.6) is 0 Å². The number of carboxylic acid groups (broad SMARTS) is 2. The van der Waals surface area contributed by atoms with Gasteiger partial charge in [-0.2, -0.15) is 0 Å². The van der Waals surface area contributed by atoms with Crippen LogP contribution in [0.3, 0.4) is 0 Å². The molecule has 1 saturated heterocycles. The van der Waals surface area contributed by atoms with E-state index in [2.05, 4.69) is 24.8 Å². The largest absolute Gasteiger partial charge is 0.481 e. The Balaban J connectivity index is 1.77. The predicted molar refractivity (Wildman–Crippen MR) is 93.8 cm³/mol. The van der Waals surface area contributed by atoms with Gasteiger partial charge in [-0.3, -0.25) is 13.9 Å². The van der Waals surface area contributed by atoms with Crippen LogP contribution in [0.15, 0.2) is 12.7 Å². The molecule has 0 aliphatic carbocycles. The number of aromatic nitrogens is 4. The van der Waals surface area contributed by atoms with Gasteiger partial charge >= 0.3 is 19.8 Å². The van der Waals surface area contributed by atoms with Crippen molar-refractivity contribution in [3.05, 3.63) is 12.7 Å². The van der Waals surface area contributed by atoms with Gasteiger partial charge in [0.05, 0.1) is 25.5 Å². The van der Waals surface area contributed by atoms with Gasteiger partial charge in [0.15, 0.2) is 17.0 Å². The van der Waals surface area contributed by atoms with Crippen LogP contribution in [0, 0.1) is 0 Å². The number of carbonyl (C=O) groups is 2. The van der Waals surface area contributed by atoms with Crippen LogP contribution in [0.25, 0.3) is 11.2 Å². The molecule has 2 aromatic rings. The van der Waals surface area contributed by atoms with E-state index in [1.807, 2.05) is 0 Å². The molecule has 29 heavy (non-hydrogen) atoms. The van der Waals surface area contributed by atoms with E-state index in [0.717, 1.165) is 0 Å². The molecule has 15 heteroatoms. The minimum absolute atomic E-state index is 0.0572. The summed E-state index contributed by atoms with van der Waals surface area (Å²) >= 11 is 0. The number of nitrogens with one attached hydrogen (secondary N) is 1. The number of phosphoric ester groups is 1. The minimum Gasteiger partial charge on any atom is -0.481 e. The number of aliphatic carboxylic acids is 2. The third-order valence-electron chi connectivity index (χ3n) is 4.17. The highest BCUT2D eigenvalue weighted by Crippen LogP contribution is 2.38. The Morgan fingerprint density at radius 2 is 2.07 bits per heavy atom. The number of hydrogen-bond acceptors (Lipinski definition) is 9. The molecular formula is C14H18N5O9P. The van der Waals surface area contributed by atoms with Crippen molar-refractivity contribution in [3.63, 3.8) is 0 Å². The minimum atomic E-state index is -4.59. The SMILES string of the molecule is O=C(O)CC(Nc1ncnc2c1ncn2C1CCC(COP(=O)(O)O)O1)C(=O)O. The number of anilines is 1. The number of imidazole rings is 1.